The SMILES string of the molecule is Cn1c(=O)nc2n(C3CCCC3)nc(-c3ccc(CCl)cc3)nc-2c1=O. The highest BCUT2D eigenvalue weighted by molar-refractivity contribution is 6.17. The van der Waals surface area contributed by atoms with Crippen molar-refractivity contribution in [2.75, 3.05) is 0 Å². The van der Waals surface area contributed by atoms with Gasteiger partial charge < -0.3 is 0 Å². The van der Waals surface area contributed by atoms with Crippen molar-refractivity contribution in [2.24, 2.45) is 7.05 Å². The number of hydrogen-bond donors (Lipinski definition) is 0. The van der Waals surface area contributed by atoms with E-state index in [-0.39, 0.29) is 17.6 Å². The number of hydrogen-bond acceptors (Lipinski definition) is 5. The first-order valence-electron chi connectivity index (χ1n) is 8.61. The Balaban J connectivity index is 1.97. The minimum absolute atomic E-state index is 0.125. The number of fused-ring (bicyclic) bond motifs is 1. The summed E-state index contributed by atoms with van der Waals surface area (Å²) < 4.78 is 2.71. The number of halogens is 1. The summed E-state index contributed by atoms with van der Waals surface area (Å²) in [5, 5.41) is 4.64. The third kappa shape index (κ3) is 2.82. The van der Waals surface area contributed by atoms with E-state index in [2.05, 4.69) is 15.1 Å². The van der Waals surface area contributed by atoms with E-state index in [1.807, 2.05) is 24.3 Å². The molecule has 26 heavy (non-hydrogen) atoms. The van der Waals surface area contributed by atoms with E-state index in [9.17, 15) is 9.59 Å². The lowest BCUT2D eigenvalue weighted by Crippen LogP contribution is -2.37. The van der Waals surface area contributed by atoms with Gasteiger partial charge in [0.05, 0.1) is 6.04 Å². The van der Waals surface area contributed by atoms with Gasteiger partial charge in [0.2, 0.25) is 0 Å². The first kappa shape index (κ1) is 16.9. The molecule has 1 aromatic rings. The van der Waals surface area contributed by atoms with Crippen LogP contribution in [-0.4, -0.2) is 24.3 Å². The second-order valence-corrected chi connectivity index (χ2v) is 6.85. The second kappa shape index (κ2) is 6.64. The number of aromatic nitrogens is 5. The van der Waals surface area contributed by atoms with Gasteiger partial charge in [-0.2, -0.15) is 10.1 Å². The number of nitrogens with zero attached hydrogens (tertiary/aromatic N) is 5. The molecule has 0 unspecified atom stereocenters. The summed E-state index contributed by atoms with van der Waals surface area (Å²) in [6.07, 6.45) is 4.09. The van der Waals surface area contributed by atoms with Gasteiger partial charge in [-0.1, -0.05) is 37.1 Å². The maximum absolute atomic E-state index is 12.6. The summed E-state index contributed by atoms with van der Waals surface area (Å²) in [5.74, 6) is 1.15. The molecule has 7 nitrogen and oxygen atoms in total. The van der Waals surface area contributed by atoms with Crippen molar-refractivity contribution in [1.82, 2.24) is 24.3 Å². The van der Waals surface area contributed by atoms with Crippen LogP contribution in [0.5, 0.6) is 0 Å². The molecular formula is C18H18ClN5O2. The highest BCUT2D eigenvalue weighted by atomic mass is 35.5. The molecule has 8 heteroatoms. The van der Waals surface area contributed by atoms with Crippen LogP contribution in [0.4, 0.5) is 0 Å². The highest BCUT2D eigenvalue weighted by Gasteiger charge is 2.26. The molecule has 2 heterocycles. The van der Waals surface area contributed by atoms with Crippen molar-refractivity contribution < 1.29 is 0 Å². The van der Waals surface area contributed by atoms with Gasteiger partial charge in [-0.15, -0.1) is 11.6 Å². The van der Waals surface area contributed by atoms with E-state index in [0.717, 1.165) is 41.4 Å². The summed E-state index contributed by atoms with van der Waals surface area (Å²) in [6.45, 7) is 0. The standard InChI is InChI=1S/C18H18ClN5O2/c1-23-17(25)14-16(21-18(23)26)24(13-4-2-3-5-13)22-15(20-14)12-8-6-11(10-19)7-9-12/h6-9,13H,2-5,10H2,1H3. The molecule has 0 saturated heterocycles. The largest absolute Gasteiger partial charge is 0.352 e. The normalized spacial score (nSPS) is 15.0. The van der Waals surface area contributed by atoms with Crippen LogP contribution in [0.25, 0.3) is 22.9 Å². The lowest BCUT2D eigenvalue weighted by Gasteiger charge is -2.19. The molecule has 3 aliphatic rings. The van der Waals surface area contributed by atoms with Crippen molar-refractivity contribution in [3.8, 4) is 22.9 Å². The molecule has 0 bridgehead atoms. The molecule has 4 rings (SSSR count). The Morgan fingerprint density at radius 3 is 2.46 bits per heavy atom. The second-order valence-electron chi connectivity index (χ2n) is 6.58. The highest BCUT2D eigenvalue weighted by Crippen LogP contribution is 2.32. The van der Waals surface area contributed by atoms with Crippen LogP contribution in [-0.2, 0) is 12.9 Å². The quantitative estimate of drug-likeness (QED) is 0.660. The van der Waals surface area contributed by atoms with E-state index >= 15 is 0 Å². The number of alkyl halides is 1. The van der Waals surface area contributed by atoms with E-state index in [1.165, 1.54) is 7.05 Å². The smallest absolute Gasteiger partial charge is 0.267 e. The summed E-state index contributed by atoms with van der Waals surface area (Å²) in [6, 6.07) is 7.72. The van der Waals surface area contributed by atoms with E-state index in [0.29, 0.717) is 11.7 Å². The van der Waals surface area contributed by atoms with Crippen molar-refractivity contribution in [3.63, 3.8) is 0 Å². The van der Waals surface area contributed by atoms with Crippen LogP contribution >= 0.6 is 11.6 Å². The number of rotatable bonds is 3. The molecule has 0 N–H and O–H groups in total. The molecule has 0 aromatic heterocycles. The van der Waals surface area contributed by atoms with Crippen LogP contribution < -0.4 is 11.2 Å². The third-order valence-electron chi connectivity index (χ3n) is 4.88. The van der Waals surface area contributed by atoms with Gasteiger partial charge in [0.25, 0.3) is 5.56 Å². The molecule has 2 aliphatic heterocycles. The predicted octanol–water partition coefficient (Wildman–Crippen LogP) is 2.36. The van der Waals surface area contributed by atoms with E-state index < -0.39 is 11.2 Å². The van der Waals surface area contributed by atoms with Crippen LogP contribution in [0.3, 0.4) is 0 Å². The Kier molecular flexibility index (Phi) is 4.32. The Morgan fingerprint density at radius 2 is 1.81 bits per heavy atom. The van der Waals surface area contributed by atoms with Crippen LogP contribution in [0, 0.1) is 0 Å². The average Bonchev–Trinajstić information content (AvgIpc) is 3.20. The Bertz CT molecular complexity index is 1030. The van der Waals surface area contributed by atoms with Gasteiger partial charge in [0.1, 0.15) is 0 Å². The predicted molar refractivity (Wildman–Crippen MR) is 98.4 cm³/mol. The fourth-order valence-electron chi connectivity index (χ4n) is 3.36. The third-order valence-corrected chi connectivity index (χ3v) is 5.19. The van der Waals surface area contributed by atoms with E-state index in [4.69, 9.17) is 11.6 Å². The zero-order chi connectivity index (χ0) is 18.3. The molecule has 1 fully saturated rings. The van der Waals surface area contributed by atoms with Crippen molar-refractivity contribution in [1.29, 1.82) is 0 Å². The minimum Gasteiger partial charge on any atom is -0.267 e. The minimum atomic E-state index is -0.586. The molecule has 134 valence electrons. The molecule has 0 amide bonds. The van der Waals surface area contributed by atoms with Gasteiger partial charge in [-0.05, 0) is 18.4 Å². The van der Waals surface area contributed by atoms with Crippen LogP contribution in [0.2, 0.25) is 0 Å². The molecule has 0 spiro atoms. The number of benzene rings is 1. The van der Waals surface area contributed by atoms with Gasteiger partial charge in [-0.3, -0.25) is 9.36 Å². The van der Waals surface area contributed by atoms with Crippen LogP contribution in [0.1, 0.15) is 37.3 Å². The molecule has 1 aliphatic carbocycles. The topological polar surface area (TPSA) is 82.7 Å². The first-order chi connectivity index (χ1) is 12.6. The van der Waals surface area contributed by atoms with E-state index in [1.54, 1.807) is 4.68 Å². The molecular weight excluding hydrogens is 354 g/mol. The fraction of sp³-hybridized carbons (Fsp3) is 0.389. The van der Waals surface area contributed by atoms with Gasteiger partial charge in [0, 0.05) is 18.5 Å². The summed E-state index contributed by atoms with van der Waals surface area (Å²) >= 11 is 5.85. The maximum atomic E-state index is 12.6. The zero-order valence-corrected chi connectivity index (χ0v) is 15.1. The van der Waals surface area contributed by atoms with Crippen molar-refractivity contribution >= 4 is 11.6 Å². The van der Waals surface area contributed by atoms with Crippen molar-refractivity contribution in [2.45, 2.75) is 37.6 Å². The monoisotopic (exact) mass is 371 g/mol. The summed E-state index contributed by atoms with van der Waals surface area (Å²) in [7, 11) is 1.41. The lowest BCUT2D eigenvalue weighted by atomic mass is 10.1. The van der Waals surface area contributed by atoms with Gasteiger partial charge >= 0.3 is 5.69 Å². The van der Waals surface area contributed by atoms with Gasteiger partial charge in [0.15, 0.2) is 17.3 Å². The maximum Gasteiger partial charge on any atom is 0.352 e. The molecule has 1 saturated carbocycles. The fourth-order valence-corrected chi connectivity index (χ4v) is 3.54. The lowest BCUT2D eigenvalue weighted by molar-refractivity contribution is 0.452. The summed E-state index contributed by atoms with van der Waals surface area (Å²) in [5.41, 5.74) is 0.921. The first-order valence-corrected chi connectivity index (χ1v) is 9.15. The summed E-state index contributed by atoms with van der Waals surface area (Å²) in [4.78, 5) is 33.1. The Hall–Kier alpha value is -2.54. The zero-order valence-electron chi connectivity index (χ0n) is 14.4. The Morgan fingerprint density at radius 1 is 1.12 bits per heavy atom. The molecule has 1 aromatic carbocycles. The molecule has 0 atom stereocenters. The molecule has 0 radical (unpaired) electrons. The van der Waals surface area contributed by atoms with Crippen molar-refractivity contribution in [3.05, 3.63) is 50.7 Å². The van der Waals surface area contributed by atoms with Crippen LogP contribution in [0.15, 0.2) is 33.9 Å². The average molecular weight is 372 g/mol. The van der Waals surface area contributed by atoms with Gasteiger partial charge in [-0.25, -0.2) is 14.5 Å². The Labute approximate surface area is 154 Å².